The van der Waals surface area contributed by atoms with Crippen molar-refractivity contribution in [3.63, 3.8) is 0 Å². The summed E-state index contributed by atoms with van der Waals surface area (Å²) in [4.78, 5) is 0. The van der Waals surface area contributed by atoms with Gasteiger partial charge < -0.3 is 10.4 Å². The molecule has 0 saturated carbocycles. The predicted molar refractivity (Wildman–Crippen MR) is 81.3 cm³/mol. The lowest BCUT2D eigenvalue weighted by molar-refractivity contribution is 0.250. The van der Waals surface area contributed by atoms with Gasteiger partial charge in [-0.25, -0.2) is 0 Å². The molecule has 18 heavy (non-hydrogen) atoms. The third-order valence-electron chi connectivity index (χ3n) is 3.28. The molecule has 0 aliphatic heterocycles. The average molecular weight is 267 g/mol. The standard InChI is InChI=1S/C15H25NOS/c1-11(8-17)9-18-10-15(16-4)14-6-5-12(2)13(3)7-14/h5-7,11,15-17H,8-10H2,1-4H3. The van der Waals surface area contributed by atoms with Gasteiger partial charge in [-0.05, 0) is 49.3 Å². The molecule has 0 aliphatic carbocycles. The highest BCUT2D eigenvalue weighted by molar-refractivity contribution is 7.99. The number of hydrogen-bond donors (Lipinski definition) is 2. The van der Waals surface area contributed by atoms with Crippen molar-refractivity contribution in [2.45, 2.75) is 26.8 Å². The summed E-state index contributed by atoms with van der Waals surface area (Å²) in [5, 5.41) is 12.4. The second-order valence-corrected chi connectivity index (χ2v) is 6.09. The van der Waals surface area contributed by atoms with Gasteiger partial charge in [0.2, 0.25) is 0 Å². The quantitative estimate of drug-likeness (QED) is 0.797. The van der Waals surface area contributed by atoms with E-state index in [9.17, 15) is 0 Å². The first-order valence-corrected chi connectivity index (χ1v) is 7.67. The molecular weight excluding hydrogens is 242 g/mol. The molecule has 2 N–H and O–H groups in total. The Morgan fingerprint density at radius 2 is 1.94 bits per heavy atom. The number of thioether (sulfide) groups is 1. The van der Waals surface area contributed by atoms with Crippen LogP contribution in [-0.4, -0.2) is 30.3 Å². The van der Waals surface area contributed by atoms with E-state index in [0.29, 0.717) is 12.0 Å². The highest BCUT2D eigenvalue weighted by Gasteiger charge is 2.11. The molecule has 0 heterocycles. The number of aliphatic hydroxyl groups is 1. The van der Waals surface area contributed by atoms with Crippen molar-refractivity contribution >= 4 is 11.8 Å². The van der Waals surface area contributed by atoms with E-state index in [1.165, 1.54) is 16.7 Å². The molecule has 1 aromatic carbocycles. The molecule has 2 unspecified atom stereocenters. The van der Waals surface area contributed by atoms with E-state index < -0.39 is 0 Å². The van der Waals surface area contributed by atoms with E-state index in [4.69, 9.17) is 5.11 Å². The van der Waals surface area contributed by atoms with Crippen LogP contribution in [0.3, 0.4) is 0 Å². The molecule has 3 heteroatoms. The topological polar surface area (TPSA) is 32.3 Å². The lowest BCUT2D eigenvalue weighted by atomic mass is 10.0. The monoisotopic (exact) mass is 267 g/mol. The lowest BCUT2D eigenvalue weighted by Crippen LogP contribution is -2.19. The minimum atomic E-state index is 0.279. The Morgan fingerprint density at radius 3 is 2.50 bits per heavy atom. The molecule has 0 bridgehead atoms. The van der Waals surface area contributed by atoms with Gasteiger partial charge in [0.05, 0.1) is 0 Å². The molecule has 1 rings (SSSR count). The summed E-state index contributed by atoms with van der Waals surface area (Å²) in [6.07, 6.45) is 0. The first kappa shape index (κ1) is 15.5. The fourth-order valence-corrected chi connectivity index (χ4v) is 3.01. The fourth-order valence-electron chi connectivity index (χ4n) is 1.77. The van der Waals surface area contributed by atoms with E-state index >= 15 is 0 Å². The summed E-state index contributed by atoms with van der Waals surface area (Å²) in [5.41, 5.74) is 4.04. The molecule has 0 aliphatic rings. The fraction of sp³-hybridized carbons (Fsp3) is 0.600. The van der Waals surface area contributed by atoms with Gasteiger partial charge in [-0.2, -0.15) is 11.8 Å². The van der Waals surface area contributed by atoms with E-state index in [0.717, 1.165) is 11.5 Å². The third kappa shape index (κ3) is 4.63. The number of aliphatic hydroxyl groups excluding tert-OH is 1. The first-order chi connectivity index (χ1) is 8.58. The van der Waals surface area contributed by atoms with Crippen molar-refractivity contribution in [3.8, 4) is 0 Å². The normalized spacial score (nSPS) is 14.5. The van der Waals surface area contributed by atoms with Crippen molar-refractivity contribution in [2.24, 2.45) is 5.92 Å². The molecule has 0 aromatic heterocycles. The SMILES string of the molecule is CNC(CSCC(C)CO)c1ccc(C)c(C)c1. The predicted octanol–water partition coefficient (Wildman–Crippen LogP) is 2.93. The number of rotatable bonds is 7. The molecule has 2 nitrogen and oxygen atoms in total. The van der Waals surface area contributed by atoms with E-state index in [2.05, 4.69) is 44.3 Å². The molecule has 0 saturated heterocycles. The minimum absolute atomic E-state index is 0.279. The molecule has 0 spiro atoms. The van der Waals surface area contributed by atoms with Crippen molar-refractivity contribution in [1.29, 1.82) is 0 Å². The van der Waals surface area contributed by atoms with E-state index in [1.54, 1.807) is 0 Å². The van der Waals surface area contributed by atoms with Gasteiger partial charge in [-0.15, -0.1) is 0 Å². The maximum absolute atomic E-state index is 9.01. The van der Waals surface area contributed by atoms with Crippen LogP contribution in [0.2, 0.25) is 0 Å². The summed E-state index contributed by atoms with van der Waals surface area (Å²) in [7, 11) is 2.01. The summed E-state index contributed by atoms with van der Waals surface area (Å²) in [5.74, 6) is 2.44. The van der Waals surface area contributed by atoms with Crippen LogP contribution in [0.1, 0.15) is 29.7 Å². The highest BCUT2D eigenvalue weighted by atomic mass is 32.2. The molecule has 2 atom stereocenters. The van der Waals surface area contributed by atoms with Gasteiger partial charge in [-0.3, -0.25) is 0 Å². The number of hydrogen-bond acceptors (Lipinski definition) is 3. The van der Waals surface area contributed by atoms with E-state index in [1.807, 2.05) is 18.8 Å². The minimum Gasteiger partial charge on any atom is -0.396 e. The Bertz CT molecular complexity index is 368. The zero-order valence-corrected chi connectivity index (χ0v) is 12.7. The van der Waals surface area contributed by atoms with Crippen molar-refractivity contribution in [3.05, 3.63) is 34.9 Å². The van der Waals surface area contributed by atoms with Crippen LogP contribution in [0.25, 0.3) is 0 Å². The third-order valence-corrected chi connectivity index (χ3v) is 4.65. The first-order valence-electron chi connectivity index (χ1n) is 6.51. The average Bonchev–Trinajstić information content (AvgIpc) is 2.38. The highest BCUT2D eigenvalue weighted by Crippen LogP contribution is 2.21. The maximum Gasteiger partial charge on any atom is 0.0464 e. The van der Waals surface area contributed by atoms with Crippen LogP contribution in [0.4, 0.5) is 0 Å². The lowest BCUT2D eigenvalue weighted by Gasteiger charge is -2.18. The van der Waals surface area contributed by atoms with Gasteiger partial charge in [0.1, 0.15) is 0 Å². The van der Waals surface area contributed by atoms with Crippen LogP contribution in [0.5, 0.6) is 0 Å². The Kier molecular flexibility index (Phi) is 6.76. The largest absolute Gasteiger partial charge is 0.396 e. The maximum atomic E-state index is 9.01. The smallest absolute Gasteiger partial charge is 0.0464 e. The van der Waals surface area contributed by atoms with Crippen molar-refractivity contribution in [1.82, 2.24) is 5.32 Å². The van der Waals surface area contributed by atoms with Crippen LogP contribution >= 0.6 is 11.8 Å². The van der Waals surface area contributed by atoms with Crippen LogP contribution < -0.4 is 5.32 Å². The molecule has 102 valence electrons. The van der Waals surface area contributed by atoms with Crippen LogP contribution in [0, 0.1) is 19.8 Å². The van der Waals surface area contributed by atoms with Gasteiger partial charge in [0.25, 0.3) is 0 Å². The van der Waals surface area contributed by atoms with Crippen molar-refractivity contribution < 1.29 is 5.11 Å². The molecular formula is C15H25NOS. The Hall–Kier alpha value is -0.510. The number of benzene rings is 1. The molecule has 1 aromatic rings. The summed E-state index contributed by atoms with van der Waals surface area (Å²) >= 11 is 1.90. The molecule has 0 radical (unpaired) electrons. The van der Waals surface area contributed by atoms with Gasteiger partial charge in [-0.1, -0.05) is 25.1 Å². The summed E-state index contributed by atoms with van der Waals surface area (Å²) in [6, 6.07) is 7.06. The van der Waals surface area contributed by atoms with E-state index in [-0.39, 0.29) is 6.61 Å². The van der Waals surface area contributed by atoms with Gasteiger partial charge >= 0.3 is 0 Å². The Balaban J connectivity index is 2.57. The Morgan fingerprint density at radius 1 is 1.22 bits per heavy atom. The zero-order valence-electron chi connectivity index (χ0n) is 11.9. The summed E-state index contributed by atoms with van der Waals surface area (Å²) < 4.78 is 0. The van der Waals surface area contributed by atoms with Gasteiger partial charge in [0.15, 0.2) is 0 Å². The second-order valence-electron chi connectivity index (χ2n) is 5.01. The number of nitrogens with one attached hydrogen (secondary N) is 1. The molecule has 0 fully saturated rings. The van der Waals surface area contributed by atoms with Crippen molar-refractivity contribution in [2.75, 3.05) is 25.2 Å². The second kappa shape index (κ2) is 7.82. The Labute approximate surface area is 115 Å². The number of aryl methyl sites for hydroxylation is 2. The van der Waals surface area contributed by atoms with Crippen LogP contribution in [-0.2, 0) is 0 Å². The molecule has 0 amide bonds. The van der Waals surface area contributed by atoms with Crippen LogP contribution in [0.15, 0.2) is 18.2 Å². The zero-order chi connectivity index (χ0) is 13.5. The van der Waals surface area contributed by atoms with Gasteiger partial charge in [0, 0.05) is 18.4 Å². The summed E-state index contributed by atoms with van der Waals surface area (Å²) in [6.45, 7) is 6.66.